The van der Waals surface area contributed by atoms with Crippen LogP contribution in [0.2, 0.25) is 0 Å². The predicted molar refractivity (Wildman–Crippen MR) is 110 cm³/mol. The molecule has 1 fully saturated rings. The van der Waals surface area contributed by atoms with Crippen molar-refractivity contribution in [2.75, 3.05) is 44.4 Å². The highest BCUT2D eigenvalue weighted by molar-refractivity contribution is 8.01. The SMILES string of the molecule is COCCNc1nnc(SCC(=O)N2CCC(Cc3ccccc3)CC2)s1. The lowest BCUT2D eigenvalue weighted by atomic mass is 9.90. The van der Waals surface area contributed by atoms with Gasteiger partial charge in [0.2, 0.25) is 11.0 Å². The standard InChI is InChI=1S/C19H26N4O2S2/c1-25-12-9-20-18-21-22-19(27-18)26-14-17(24)23-10-7-16(8-11-23)13-15-5-3-2-4-6-15/h2-6,16H,7-14H2,1H3,(H,20,21). The molecular weight excluding hydrogens is 380 g/mol. The molecule has 1 amide bonds. The van der Waals surface area contributed by atoms with Crippen molar-refractivity contribution >= 4 is 34.1 Å². The third-order valence-corrected chi connectivity index (χ3v) is 6.64. The number of ether oxygens (including phenoxy) is 1. The Morgan fingerprint density at radius 1 is 1.30 bits per heavy atom. The van der Waals surface area contributed by atoms with E-state index >= 15 is 0 Å². The number of amides is 1. The molecule has 1 N–H and O–H groups in total. The van der Waals surface area contributed by atoms with Crippen LogP contribution >= 0.6 is 23.1 Å². The van der Waals surface area contributed by atoms with Gasteiger partial charge in [-0.05, 0) is 30.7 Å². The Balaban J connectivity index is 1.37. The van der Waals surface area contributed by atoms with Crippen LogP contribution < -0.4 is 5.32 Å². The smallest absolute Gasteiger partial charge is 0.233 e. The first-order valence-electron chi connectivity index (χ1n) is 9.25. The number of rotatable bonds is 9. The number of benzene rings is 1. The number of carbonyl (C=O) groups excluding carboxylic acids is 1. The van der Waals surface area contributed by atoms with Crippen LogP contribution in [-0.4, -0.2) is 60.1 Å². The monoisotopic (exact) mass is 406 g/mol. The minimum atomic E-state index is 0.197. The molecule has 0 aliphatic carbocycles. The molecule has 0 unspecified atom stereocenters. The van der Waals surface area contributed by atoms with Crippen LogP contribution in [-0.2, 0) is 16.0 Å². The summed E-state index contributed by atoms with van der Waals surface area (Å²) in [6.45, 7) is 3.04. The fraction of sp³-hybridized carbons (Fsp3) is 0.526. The number of piperidine rings is 1. The summed E-state index contributed by atoms with van der Waals surface area (Å²) in [6.07, 6.45) is 3.27. The minimum absolute atomic E-state index is 0.197. The lowest BCUT2D eigenvalue weighted by Gasteiger charge is -2.32. The van der Waals surface area contributed by atoms with Gasteiger partial charge in [-0.15, -0.1) is 10.2 Å². The van der Waals surface area contributed by atoms with Crippen molar-refractivity contribution in [1.82, 2.24) is 15.1 Å². The summed E-state index contributed by atoms with van der Waals surface area (Å²) in [5.41, 5.74) is 1.39. The number of anilines is 1. The Hall–Kier alpha value is -1.64. The number of thioether (sulfide) groups is 1. The highest BCUT2D eigenvalue weighted by Gasteiger charge is 2.23. The molecule has 0 saturated carbocycles. The van der Waals surface area contributed by atoms with E-state index in [0.29, 0.717) is 24.8 Å². The molecular formula is C19H26N4O2S2. The Kier molecular flexibility index (Phi) is 7.92. The first kappa shape index (κ1) is 20.1. The zero-order valence-corrected chi connectivity index (χ0v) is 17.2. The van der Waals surface area contributed by atoms with Crippen molar-refractivity contribution in [3.8, 4) is 0 Å². The summed E-state index contributed by atoms with van der Waals surface area (Å²) in [4.78, 5) is 14.5. The van der Waals surface area contributed by atoms with Crippen LogP contribution in [0, 0.1) is 5.92 Å². The van der Waals surface area contributed by atoms with Gasteiger partial charge in [0.25, 0.3) is 0 Å². The van der Waals surface area contributed by atoms with Gasteiger partial charge in [-0.25, -0.2) is 0 Å². The summed E-state index contributed by atoms with van der Waals surface area (Å²) in [5.74, 6) is 1.30. The maximum Gasteiger partial charge on any atom is 0.233 e. The zero-order chi connectivity index (χ0) is 18.9. The number of nitrogens with one attached hydrogen (secondary N) is 1. The molecule has 3 rings (SSSR count). The van der Waals surface area contributed by atoms with E-state index in [1.54, 1.807) is 7.11 Å². The Morgan fingerprint density at radius 3 is 2.81 bits per heavy atom. The molecule has 146 valence electrons. The van der Waals surface area contributed by atoms with E-state index in [1.807, 2.05) is 4.90 Å². The number of likely N-dealkylation sites (tertiary alicyclic amines) is 1. The van der Waals surface area contributed by atoms with Gasteiger partial charge in [-0.3, -0.25) is 4.79 Å². The Bertz CT molecular complexity index is 703. The second-order valence-electron chi connectivity index (χ2n) is 6.60. The molecule has 6 nitrogen and oxygen atoms in total. The first-order chi connectivity index (χ1) is 13.2. The lowest BCUT2D eigenvalue weighted by molar-refractivity contribution is -0.129. The average Bonchev–Trinajstić information content (AvgIpc) is 3.15. The lowest BCUT2D eigenvalue weighted by Crippen LogP contribution is -2.39. The van der Waals surface area contributed by atoms with Crippen LogP contribution in [0.15, 0.2) is 34.7 Å². The number of nitrogens with zero attached hydrogens (tertiary/aromatic N) is 3. The van der Waals surface area contributed by atoms with E-state index in [1.165, 1.54) is 28.7 Å². The van der Waals surface area contributed by atoms with Crippen molar-refractivity contribution in [3.63, 3.8) is 0 Å². The Labute approximate surface area is 168 Å². The normalized spacial score (nSPS) is 15.1. The van der Waals surface area contributed by atoms with Crippen LogP contribution in [0.1, 0.15) is 18.4 Å². The molecule has 8 heteroatoms. The molecule has 2 aromatic rings. The third-order valence-electron chi connectivity index (χ3n) is 4.64. The quantitative estimate of drug-likeness (QED) is 0.510. The van der Waals surface area contributed by atoms with Gasteiger partial charge in [-0.1, -0.05) is 53.4 Å². The van der Waals surface area contributed by atoms with E-state index in [9.17, 15) is 4.79 Å². The van der Waals surface area contributed by atoms with Crippen LogP contribution in [0.5, 0.6) is 0 Å². The summed E-state index contributed by atoms with van der Waals surface area (Å²) in [6, 6.07) is 10.6. The molecule has 1 saturated heterocycles. The highest BCUT2D eigenvalue weighted by Crippen LogP contribution is 2.27. The first-order valence-corrected chi connectivity index (χ1v) is 11.1. The van der Waals surface area contributed by atoms with Crippen LogP contribution in [0.3, 0.4) is 0 Å². The maximum atomic E-state index is 12.5. The van der Waals surface area contributed by atoms with E-state index in [-0.39, 0.29) is 5.91 Å². The summed E-state index contributed by atoms with van der Waals surface area (Å²) in [7, 11) is 1.67. The summed E-state index contributed by atoms with van der Waals surface area (Å²) < 4.78 is 5.82. The molecule has 2 heterocycles. The average molecular weight is 407 g/mol. The predicted octanol–water partition coefficient (Wildman–Crippen LogP) is 3.17. The molecule has 0 bridgehead atoms. The van der Waals surface area contributed by atoms with Gasteiger partial charge in [0.15, 0.2) is 4.34 Å². The largest absolute Gasteiger partial charge is 0.383 e. The van der Waals surface area contributed by atoms with Crippen molar-refractivity contribution in [1.29, 1.82) is 0 Å². The van der Waals surface area contributed by atoms with Gasteiger partial charge in [-0.2, -0.15) is 0 Å². The van der Waals surface area contributed by atoms with Crippen molar-refractivity contribution in [2.45, 2.75) is 23.6 Å². The van der Waals surface area contributed by atoms with Crippen LogP contribution in [0.4, 0.5) is 5.13 Å². The highest BCUT2D eigenvalue weighted by atomic mass is 32.2. The summed E-state index contributed by atoms with van der Waals surface area (Å²) >= 11 is 2.95. The molecule has 27 heavy (non-hydrogen) atoms. The van der Waals surface area contributed by atoms with Crippen molar-refractivity contribution < 1.29 is 9.53 Å². The van der Waals surface area contributed by atoms with Gasteiger partial charge in [0, 0.05) is 26.7 Å². The fourth-order valence-electron chi connectivity index (χ4n) is 3.15. The third kappa shape index (κ3) is 6.48. The molecule has 1 aliphatic heterocycles. The van der Waals surface area contributed by atoms with Gasteiger partial charge in [0.05, 0.1) is 12.4 Å². The topological polar surface area (TPSA) is 67.3 Å². The number of methoxy groups -OCH3 is 1. The van der Waals surface area contributed by atoms with Gasteiger partial charge < -0.3 is 15.0 Å². The van der Waals surface area contributed by atoms with Crippen molar-refractivity contribution in [2.24, 2.45) is 5.92 Å². The van der Waals surface area contributed by atoms with Crippen LogP contribution in [0.25, 0.3) is 0 Å². The molecule has 1 aliphatic rings. The zero-order valence-electron chi connectivity index (χ0n) is 15.6. The minimum Gasteiger partial charge on any atom is -0.383 e. The molecule has 0 atom stereocenters. The Morgan fingerprint density at radius 2 is 2.07 bits per heavy atom. The second-order valence-corrected chi connectivity index (χ2v) is 8.80. The van der Waals surface area contributed by atoms with Crippen molar-refractivity contribution in [3.05, 3.63) is 35.9 Å². The van der Waals surface area contributed by atoms with E-state index in [2.05, 4.69) is 45.8 Å². The van der Waals surface area contributed by atoms with E-state index < -0.39 is 0 Å². The molecule has 1 aromatic heterocycles. The summed E-state index contributed by atoms with van der Waals surface area (Å²) in [5, 5.41) is 12.1. The van der Waals surface area contributed by atoms with E-state index in [4.69, 9.17) is 4.74 Å². The fourth-order valence-corrected chi connectivity index (χ4v) is 4.83. The molecule has 0 radical (unpaired) electrons. The number of hydrogen-bond acceptors (Lipinski definition) is 7. The van der Waals surface area contributed by atoms with Gasteiger partial charge >= 0.3 is 0 Å². The second kappa shape index (κ2) is 10.6. The number of hydrogen-bond donors (Lipinski definition) is 1. The number of aromatic nitrogens is 2. The number of carbonyl (C=O) groups is 1. The van der Waals surface area contributed by atoms with E-state index in [0.717, 1.165) is 41.8 Å². The molecule has 1 aromatic carbocycles. The van der Waals surface area contributed by atoms with Gasteiger partial charge in [0.1, 0.15) is 0 Å². The maximum absolute atomic E-state index is 12.5. The molecule has 0 spiro atoms.